The van der Waals surface area contributed by atoms with E-state index >= 15 is 0 Å². The van der Waals surface area contributed by atoms with E-state index in [4.69, 9.17) is 9.47 Å². The van der Waals surface area contributed by atoms with Crippen LogP contribution in [0.4, 0.5) is 11.4 Å². The van der Waals surface area contributed by atoms with Crippen LogP contribution >= 0.6 is 11.8 Å². The number of nitrogens with one attached hydrogen (secondary N) is 1. The molecular formula is C39H48N4O3S. The minimum absolute atomic E-state index is 0.0554. The predicted molar refractivity (Wildman–Crippen MR) is 195 cm³/mol. The average Bonchev–Trinajstić information content (AvgIpc) is 3.47. The van der Waals surface area contributed by atoms with Crippen LogP contribution < -0.4 is 15.0 Å². The number of amides is 1. The lowest BCUT2D eigenvalue weighted by molar-refractivity contribution is -0.112. The van der Waals surface area contributed by atoms with Crippen molar-refractivity contribution in [2.45, 2.75) is 64.2 Å². The highest BCUT2D eigenvalue weighted by Gasteiger charge is 2.21. The molecular weight excluding hydrogens is 605 g/mol. The minimum atomic E-state index is -0.0554. The normalized spacial score (nSPS) is 12.9. The molecule has 8 heteroatoms. The third-order valence-corrected chi connectivity index (χ3v) is 9.24. The van der Waals surface area contributed by atoms with Crippen molar-refractivity contribution in [2.24, 2.45) is 5.92 Å². The standard InChI is InChI=1S/C39H48N4O3S/c1-5-7-20-45-21-22-46-36-13-8-30(9-14-36)31-10-17-38-33(23-31)24-32(18-19-43(38)26-29(3)4)39(44)41-34-11-15-37(16-12-34)47-27-35-25-40-28-42(35)6-2/h8-17,23-25,28-29H,5-7,18-22,26-27H2,1-4H3,(H,41,44). The molecule has 47 heavy (non-hydrogen) atoms. The number of fused-ring (bicyclic) bond motifs is 1. The first-order valence-corrected chi connectivity index (χ1v) is 17.9. The third-order valence-electron chi connectivity index (χ3n) is 8.19. The summed E-state index contributed by atoms with van der Waals surface area (Å²) in [4.78, 5) is 21.4. The number of ether oxygens (including phenoxy) is 2. The van der Waals surface area contributed by atoms with E-state index in [9.17, 15) is 4.79 Å². The van der Waals surface area contributed by atoms with E-state index in [-0.39, 0.29) is 5.91 Å². The molecule has 1 amide bonds. The number of unbranched alkanes of at least 4 members (excludes halogenated alkanes) is 1. The molecule has 2 heterocycles. The van der Waals surface area contributed by atoms with E-state index in [1.165, 1.54) is 11.4 Å². The summed E-state index contributed by atoms with van der Waals surface area (Å²) in [6, 6.07) is 22.9. The molecule has 4 aromatic rings. The van der Waals surface area contributed by atoms with E-state index in [1.54, 1.807) is 11.8 Å². The van der Waals surface area contributed by atoms with Crippen molar-refractivity contribution in [3.63, 3.8) is 0 Å². The molecule has 0 fully saturated rings. The molecule has 7 nitrogen and oxygen atoms in total. The maximum Gasteiger partial charge on any atom is 0.251 e. The van der Waals surface area contributed by atoms with Gasteiger partial charge >= 0.3 is 0 Å². The highest BCUT2D eigenvalue weighted by molar-refractivity contribution is 7.98. The zero-order chi connectivity index (χ0) is 33.0. The Morgan fingerprint density at radius 1 is 0.979 bits per heavy atom. The number of aryl methyl sites for hydroxylation is 1. The molecule has 0 radical (unpaired) electrons. The zero-order valence-corrected chi connectivity index (χ0v) is 29.0. The second-order valence-electron chi connectivity index (χ2n) is 12.3. The Labute approximate surface area is 284 Å². The fourth-order valence-electron chi connectivity index (χ4n) is 5.65. The van der Waals surface area contributed by atoms with Gasteiger partial charge in [-0.2, -0.15) is 0 Å². The second kappa shape index (κ2) is 17.2. The fraction of sp³-hybridized carbons (Fsp3) is 0.385. The van der Waals surface area contributed by atoms with Gasteiger partial charge in [0.15, 0.2) is 0 Å². The van der Waals surface area contributed by atoms with E-state index in [0.29, 0.717) is 25.6 Å². The minimum Gasteiger partial charge on any atom is -0.491 e. The summed E-state index contributed by atoms with van der Waals surface area (Å²) in [6.45, 7) is 13.3. The largest absolute Gasteiger partial charge is 0.491 e. The molecule has 1 N–H and O–H groups in total. The summed E-state index contributed by atoms with van der Waals surface area (Å²) >= 11 is 1.77. The Balaban J connectivity index is 1.27. The van der Waals surface area contributed by atoms with Gasteiger partial charge in [-0.25, -0.2) is 4.98 Å². The van der Waals surface area contributed by atoms with Crippen molar-refractivity contribution in [1.82, 2.24) is 9.55 Å². The molecule has 0 saturated heterocycles. The van der Waals surface area contributed by atoms with Gasteiger partial charge in [0.05, 0.1) is 12.9 Å². The van der Waals surface area contributed by atoms with E-state index in [0.717, 1.165) is 83.4 Å². The molecule has 1 aliphatic rings. The molecule has 5 rings (SSSR count). The van der Waals surface area contributed by atoms with Crippen molar-refractivity contribution in [3.05, 3.63) is 96.1 Å². The Hall–Kier alpha value is -4.01. The summed E-state index contributed by atoms with van der Waals surface area (Å²) in [5.41, 5.74) is 7.23. The van der Waals surface area contributed by atoms with Gasteiger partial charge < -0.3 is 24.3 Å². The molecule has 1 aliphatic heterocycles. The number of benzene rings is 3. The molecule has 0 atom stereocenters. The smallest absolute Gasteiger partial charge is 0.251 e. The maximum atomic E-state index is 13.6. The fourth-order valence-corrected chi connectivity index (χ4v) is 6.53. The molecule has 248 valence electrons. The lowest BCUT2D eigenvalue weighted by Crippen LogP contribution is -2.29. The second-order valence-corrected chi connectivity index (χ2v) is 13.4. The van der Waals surface area contributed by atoms with E-state index in [1.807, 2.05) is 36.8 Å². The van der Waals surface area contributed by atoms with E-state index in [2.05, 4.69) is 96.0 Å². The third kappa shape index (κ3) is 9.75. The van der Waals surface area contributed by atoms with Gasteiger partial charge in [0, 0.05) is 65.7 Å². The van der Waals surface area contributed by atoms with Crippen molar-refractivity contribution >= 4 is 35.1 Å². The summed E-state index contributed by atoms with van der Waals surface area (Å²) in [5.74, 6) is 2.13. The summed E-state index contributed by atoms with van der Waals surface area (Å²) in [7, 11) is 0. The quantitative estimate of drug-likeness (QED) is 0.0963. The molecule has 3 aromatic carbocycles. The predicted octanol–water partition coefficient (Wildman–Crippen LogP) is 8.95. The first-order valence-electron chi connectivity index (χ1n) is 16.9. The Morgan fingerprint density at radius 3 is 2.51 bits per heavy atom. The van der Waals surface area contributed by atoms with Crippen LogP contribution in [-0.4, -0.2) is 48.4 Å². The van der Waals surface area contributed by atoms with Crippen LogP contribution in [0, 0.1) is 5.92 Å². The van der Waals surface area contributed by atoms with Crippen molar-refractivity contribution in [3.8, 4) is 16.9 Å². The number of nitrogens with zero attached hydrogens (tertiary/aromatic N) is 3. The monoisotopic (exact) mass is 652 g/mol. The van der Waals surface area contributed by atoms with Crippen LogP contribution in [0.5, 0.6) is 5.75 Å². The van der Waals surface area contributed by atoms with Gasteiger partial charge in [0.1, 0.15) is 12.4 Å². The number of imidazole rings is 1. The van der Waals surface area contributed by atoms with E-state index < -0.39 is 0 Å². The molecule has 0 bridgehead atoms. The summed E-state index contributed by atoms with van der Waals surface area (Å²) in [5, 5.41) is 3.15. The topological polar surface area (TPSA) is 68.6 Å². The van der Waals surface area contributed by atoms with Gasteiger partial charge in [0.2, 0.25) is 0 Å². The average molecular weight is 653 g/mol. The van der Waals surface area contributed by atoms with Crippen molar-refractivity contribution in [2.75, 3.05) is 43.1 Å². The van der Waals surface area contributed by atoms with Gasteiger partial charge in [-0.15, -0.1) is 11.8 Å². The lowest BCUT2D eigenvalue weighted by atomic mass is 10.00. The van der Waals surface area contributed by atoms with Crippen molar-refractivity contribution in [1.29, 1.82) is 0 Å². The van der Waals surface area contributed by atoms with Crippen LogP contribution in [-0.2, 0) is 21.8 Å². The van der Waals surface area contributed by atoms with Gasteiger partial charge in [-0.05, 0) is 97.0 Å². The Bertz CT molecular complexity index is 1610. The van der Waals surface area contributed by atoms with Gasteiger partial charge in [-0.1, -0.05) is 45.4 Å². The summed E-state index contributed by atoms with van der Waals surface area (Å²) in [6.07, 6.45) is 8.76. The number of rotatable bonds is 16. The number of thioether (sulfide) groups is 1. The number of aromatic nitrogens is 2. The number of carbonyl (C=O) groups excluding carboxylic acids is 1. The molecule has 1 aromatic heterocycles. The van der Waals surface area contributed by atoms with Gasteiger partial charge in [0.25, 0.3) is 5.91 Å². The molecule has 0 spiro atoms. The Morgan fingerprint density at radius 2 is 1.77 bits per heavy atom. The van der Waals surface area contributed by atoms with Gasteiger partial charge in [-0.3, -0.25) is 4.79 Å². The SMILES string of the molecule is CCCCOCCOc1ccc(-c2ccc3c(c2)C=C(C(=O)Nc2ccc(SCc4cncn4CC)cc2)CCN3CC(C)C)cc1. The summed E-state index contributed by atoms with van der Waals surface area (Å²) < 4.78 is 13.6. The number of carbonyl (C=O) groups is 1. The first-order chi connectivity index (χ1) is 22.9. The Kier molecular flexibility index (Phi) is 12.6. The highest BCUT2D eigenvalue weighted by atomic mass is 32.2. The molecule has 0 aliphatic carbocycles. The van der Waals surface area contributed by atoms with Crippen LogP contribution in [0.2, 0.25) is 0 Å². The highest BCUT2D eigenvalue weighted by Crippen LogP contribution is 2.34. The maximum absolute atomic E-state index is 13.6. The van der Waals surface area contributed by atoms with Crippen LogP contribution in [0.25, 0.3) is 17.2 Å². The lowest BCUT2D eigenvalue weighted by Gasteiger charge is -2.27. The zero-order valence-electron chi connectivity index (χ0n) is 28.2. The first kappa shape index (κ1) is 34.3. The number of anilines is 2. The van der Waals surface area contributed by atoms with Crippen LogP contribution in [0.1, 0.15) is 58.2 Å². The number of hydrogen-bond donors (Lipinski definition) is 1. The van der Waals surface area contributed by atoms with Crippen LogP contribution in [0.3, 0.4) is 0 Å². The van der Waals surface area contributed by atoms with Crippen molar-refractivity contribution < 1.29 is 14.3 Å². The molecule has 0 unspecified atom stereocenters. The molecule has 0 saturated carbocycles. The number of hydrogen-bond acceptors (Lipinski definition) is 6. The van der Waals surface area contributed by atoms with Crippen LogP contribution in [0.15, 0.2) is 89.7 Å².